The Morgan fingerprint density at radius 1 is 1.06 bits per heavy atom. The van der Waals surface area contributed by atoms with Crippen LogP contribution in [0.2, 0.25) is 0 Å². The predicted molar refractivity (Wildman–Crippen MR) is 124 cm³/mol. The Balaban J connectivity index is 1.32. The monoisotopic (exact) mass is 511 g/mol. The molecule has 1 unspecified atom stereocenters. The van der Waals surface area contributed by atoms with Gasteiger partial charge in [-0.1, -0.05) is 0 Å². The minimum atomic E-state index is -0.364. The summed E-state index contributed by atoms with van der Waals surface area (Å²) in [6.45, 7) is 2.62. The normalized spacial score (nSPS) is 14.6. The van der Waals surface area contributed by atoms with Crippen molar-refractivity contribution >= 4 is 54.9 Å². The number of fused-ring (bicyclic) bond motifs is 1. The zero-order valence-electron chi connectivity index (χ0n) is 16.9. The number of aromatic nitrogens is 4. The van der Waals surface area contributed by atoms with Gasteiger partial charge in [-0.15, -0.1) is 0 Å². The molecule has 1 aromatic carbocycles. The number of thiazole rings is 1. The van der Waals surface area contributed by atoms with Crippen LogP contribution in [0.25, 0.3) is 20.9 Å². The van der Waals surface area contributed by atoms with Gasteiger partial charge in [0.2, 0.25) is 0 Å². The summed E-state index contributed by atoms with van der Waals surface area (Å²) in [6.07, 6.45) is 3.53. The molecule has 5 rings (SSSR count). The molecule has 1 aliphatic heterocycles. The van der Waals surface area contributed by atoms with Crippen LogP contribution in [-0.4, -0.2) is 73.9 Å². The zero-order valence-corrected chi connectivity index (χ0v) is 20.1. The first kappa shape index (κ1) is 20.9. The molecule has 1 amide bonds. The number of anilines is 1. The summed E-state index contributed by atoms with van der Waals surface area (Å²) in [7, 11) is 0. The summed E-state index contributed by atoms with van der Waals surface area (Å²) in [5.74, 6) is 0.212. The third-order valence-corrected chi connectivity index (χ3v) is 6.65. The maximum absolute atomic E-state index is 13.1. The van der Waals surface area contributed by atoms with Gasteiger partial charge in [-0.25, -0.2) is 4.39 Å². The molecule has 4 heterocycles. The van der Waals surface area contributed by atoms with Gasteiger partial charge in [-0.3, -0.25) is 0 Å². The number of hydrogen-bond acceptors (Lipinski definition) is 8. The van der Waals surface area contributed by atoms with Crippen molar-refractivity contribution in [3.8, 4) is 10.6 Å². The molecule has 32 heavy (non-hydrogen) atoms. The van der Waals surface area contributed by atoms with Crippen molar-refractivity contribution < 1.29 is 9.18 Å². The van der Waals surface area contributed by atoms with Crippen molar-refractivity contribution in [3.63, 3.8) is 0 Å². The molecule has 0 saturated carbocycles. The molecule has 0 bridgehead atoms. The summed E-state index contributed by atoms with van der Waals surface area (Å²) in [6, 6.07) is 9.39. The Labute approximate surface area is 196 Å². The molecule has 1 N–H and O–H groups in total. The van der Waals surface area contributed by atoms with E-state index in [2.05, 4.69) is 20.3 Å². The zero-order chi connectivity index (χ0) is 22.1. The molecule has 3 aromatic heterocycles. The van der Waals surface area contributed by atoms with Crippen molar-refractivity contribution in [1.82, 2.24) is 30.4 Å². The van der Waals surface area contributed by atoms with Crippen LogP contribution in [-0.2, 0) is 0 Å². The molecule has 1 fully saturated rings. The second-order valence-electron chi connectivity index (χ2n) is 7.24. The number of hydrazine groups is 1. The van der Waals surface area contributed by atoms with E-state index in [4.69, 9.17) is 9.97 Å². The quantitative estimate of drug-likeness (QED) is 0.410. The van der Waals surface area contributed by atoms with Gasteiger partial charge in [0, 0.05) is 0 Å². The molecule has 4 aromatic rings. The molecule has 1 atom stereocenters. The summed E-state index contributed by atoms with van der Waals surface area (Å²) in [5.41, 5.74) is 5.07. The van der Waals surface area contributed by atoms with Gasteiger partial charge in [0.15, 0.2) is 0 Å². The van der Waals surface area contributed by atoms with E-state index in [0.29, 0.717) is 31.7 Å². The average Bonchev–Trinajstić information content (AvgIpc) is 3.24. The van der Waals surface area contributed by atoms with Gasteiger partial charge in [0.1, 0.15) is 5.82 Å². The minimum absolute atomic E-state index is 0.248. The SMILES string of the molecule is O=C(NN1CCN(c2nc([AsH2])nc3sc(-c4cccnc4)nc23)CC1)c1ccc(F)cc1. The van der Waals surface area contributed by atoms with Gasteiger partial charge < -0.3 is 0 Å². The fourth-order valence-electron chi connectivity index (χ4n) is 3.50. The number of halogens is 1. The van der Waals surface area contributed by atoms with E-state index in [1.807, 2.05) is 17.1 Å². The molecule has 11 heteroatoms. The molecule has 0 radical (unpaired) electrons. The van der Waals surface area contributed by atoms with Crippen LogP contribution >= 0.6 is 11.3 Å². The second kappa shape index (κ2) is 8.89. The van der Waals surface area contributed by atoms with Crippen LogP contribution in [0, 0.1) is 5.82 Å². The number of carbonyl (C=O) groups excluding carboxylic acids is 1. The van der Waals surface area contributed by atoms with Crippen LogP contribution in [0.5, 0.6) is 0 Å². The number of amides is 1. The molecule has 1 saturated heterocycles. The van der Waals surface area contributed by atoms with Crippen LogP contribution in [0.1, 0.15) is 10.4 Å². The Morgan fingerprint density at radius 3 is 2.56 bits per heavy atom. The molecule has 0 spiro atoms. The van der Waals surface area contributed by atoms with Crippen molar-refractivity contribution in [3.05, 3.63) is 60.2 Å². The van der Waals surface area contributed by atoms with Gasteiger partial charge in [-0.05, 0) is 0 Å². The van der Waals surface area contributed by atoms with Crippen LogP contribution in [0.3, 0.4) is 0 Å². The Morgan fingerprint density at radius 2 is 1.84 bits per heavy atom. The third-order valence-electron chi connectivity index (χ3n) is 5.11. The number of nitrogens with zero attached hydrogens (tertiary/aromatic N) is 6. The van der Waals surface area contributed by atoms with Crippen molar-refractivity contribution in [2.45, 2.75) is 0 Å². The number of carbonyl (C=O) groups is 1. The molecule has 1 aliphatic rings. The Hall–Kier alpha value is -2.94. The predicted octanol–water partition coefficient (Wildman–Crippen LogP) is 1.01. The van der Waals surface area contributed by atoms with E-state index in [9.17, 15) is 9.18 Å². The first-order chi connectivity index (χ1) is 15.6. The number of rotatable bonds is 4. The second-order valence-corrected chi connectivity index (χ2v) is 9.30. The Kier molecular flexibility index (Phi) is 5.82. The van der Waals surface area contributed by atoms with E-state index in [-0.39, 0.29) is 11.7 Å². The fourth-order valence-corrected chi connectivity index (χ4v) is 5.15. The first-order valence-corrected chi connectivity index (χ1v) is 12.0. The molecular weight excluding hydrogens is 492 g/mol. The van der Waals surface area contributed by atoms with E-state index in [1.165, 1.54) is 52.5 Å². The van der Waals surface area contributed by atoms with Gasteiger partial charge in [0.05, 0.1) is 0 Å². The van der Waals surface area contributed by atoms with Crippen LogP contribution in [0.4, 0.5) is 10.2 Å². The summed E-state index contributed by atoms with van der Waals surface area (Å²) in [4.78, 5) is 33.8. The van der Waals surface area contributed by atoms with Crippen molar-refractivity contribution in [2.75, 3.05) is 31.1 Å². The topological polar surface area (TPSA) is 87.1 Å². The average molecular weight is 511 g/mol. The number of piperazine rings is 1. The number of nitrogens with one attached hydrogen (secondary N) is 1. The van der Waals surface area contributed by atoms with Crippen molar-refractivity contribution in [2.24, 2.45) is 0 Å². The van der Waals surface area contributed by atoms with Gasteiger partial charge in [-0.2, -0.15) is 0 Å². The van der Waals surface area contributed by atoms with Gasteiger partial charge >= 0.3 is 186 Å². The maximum atomic E-state index is 13.1. The third kappa shape index (κ3) is 4.34. The van der Waals surface area contributed by atoms with Crippen LogP contribution < -0.4 is 14.9 Å². The van der Waals surface area contributed by atoms with E-state index in [0.717, 1.165) is 31.3 Å². The summed E-state index contributed by atoms with van der Waals surface area (Å²) >= 11 is 2.91. The molecule has 8 nitrogen and oxygen atoms in total. The Bertz CT molecular complexity index is 1260. The van der Waals surface area contributed by atoms with Crippen molar-refractivity contribution in [1.29, 1.82) is 0 Å². The standard InChI is InChI=1S/C21H19AsFN7OS/c22-21-26-17(16-20(27-21)32-19(25-16)14-2-1-7-24-12-14)29-8-10-30(11-9-29)28-18(31)13-3-5-15(23)6-4-13/h1-7,12H,8-11,22H2,(H,28,31). The van der Waals surface area contributed by atoms with E-state index >= 15 is 0 Å². The molecule has 0 aliphatic carbocycles. The molecular formula is C21H19AsFN7OS. The fraction of sp³-hybridized carbons (Fsp3) is 0.190. The number of benzene rings is 1. The number of pyridine rings is 1. The summed E-state index contributed by atoms with van der Waals surface area (Å²) in [5, 5.41) is 2.74. The molecule has 162 valence electrons. The van der Waals surface area contributed by atoms with E-state index < -0.39 is 0 Å². The number of hydrogen-bond donors (Lipinski definition) is 1. The first-order valence-electron chi connectivity index (χ1n) is 9.98. The van der Waals surface area contributed by atoms with E-state index in [1.54, 1.807) is 12.4 Å². The van der Waals surface area contributed by atoms with Crippen LogP contribution in [0.15, 0.2) is 48.8 Å². The summed E-state index contributed by atoms with van der Waals surface area (Å²) < 4.78 is 13.8. The van der Waals surface area contributed by atoms with Gasteiger partial charge in [0.25, 0.3) is 0 Å².